The molecule has 0 saturated carbocycles. The van der Waals surface area contributed by atoms with Gasteiger partial charge in [0.15, 0.2) is 5.82 Å². The van der Waals surface area contributed by atoms with Gasteiger partial charge in [-0.05, 0) is 19.9 Å². The van der Waals surface area contributed by atoms with Crippen molar-refractivity contribution < 1.29 is 0 Å². The molecule has 0 saturated heterocycles. The highest BCUT2D eigenvalue weighted by atomic mass is 15.0. The monoisotopic (exact) mass is 177 g/mol. The third kappa shape index (κ3) is 2.28. The molecule has 70 valence electrons. The molecule has 13 heavy (non-hydrogen) atoms. The Morgan fingerprint density at radius 1 is 1.46 bits per heavy atom. The maximum atomic E-state index is 4.33. The summed E-state index contributed by atoms with van der Waals surface area (Å²) < 4.78 is 0. The van der Waals surface area contributed by atoms with E-state index >= 15 is 0 Å². The van der Waals surface area contributed by atoms with Crippen molar-refractivity contribution in [1.82, 2.24) is 9.97 Å². The second-order valence-corrected chi connectivity index (χ2v) is 2.66. The van der Waals surface area contributed by atoms with Gasteiger partial charge in [0.1, 0.15) is 5.82 Å². The molecule has 1 aromatic heterocycles. The number of allylic oxidation sites excluding steroid dienone is 1. The summed E-state index contributed by atoms with van der Waals surface area (Å²) in [6, 6.07) is 0. The highest BCUT2D eigenvalue weighted by Gasteiger charge is 2.03. The second kappa shape index (κ2) is 4.60. The summed E-state index contributed by atoms with van der Waals surface area (Å²) in [4.78, 5) is 11.7. The topological polar surface area (TPSA) is 41.0 Å². The molecule has 0 aliphatic heterocycles. The lowest BCUT2D eigenvalue weighted by Crippen LogP contribution is -1.80. The summed E-state index contributed by atoms with van der Waals surface area (Å²) in [6.45, 7) is 5.93. The lowest BCUT2D eigenvalue weighted by atomic mass is 10.4. The number of imidazole rings is 1. The van der Waals surface area contributed by atoms with Gasteiger partial charge in [-0.25, -0.2) is 9.98 Å². The Labute approximate surface area is 78.6 Å². The number of hydrogen-bond donors (Lipinski definition) is 1. The van der Waals surface area contributed by atoms with Crippen molar-refractivity contribution in [3.63, 3.8) is 0 Å². The first-order valence-electron chi connectivity index (χ1n) is 4.52. The van der Waals surface area contributed by atoms with Gasteiger partial charge < -0.3 is 4.98 Å². The molecule has 0 fully saturated rings. The van der Waals surface area contributed by atoms with E-state index in [9.17, 15) is 0 Å². The minimum atomic E-state index is 0.775. The molecular formula is C10H15N3. The lowest BCUT2D eigenvalue weighted by Gasteiger charge is -1.86. The molecule has 0 atom stereocenters. The van der Waals surface area contributed by atoms with E-state index in [2.05, 4.69) is 21.9 Å². The van der Waals surface area contributed by atoms with Gasteiger partial charge in [0, 0.05) is 12.6 Å². The lowest BCUT2D eigenvalue weighted by molar-refractivity contribution is 0.987. The fraction of sp³-hybridized carbons (Fsp3) is 0.400. The number of H-pyrrole nitrogens is 1. The molecular weight excluding hydrogens is 162 g/mol. The van der Waals surface area contributed by atoms with Crippen LogP contribution in [0.3, 0.4) is 0 Å². The van der Waals surface area contributed by atoms with Crippen molar-refractivity contribution in [3.8, 4) is 0 Å². The van der Waals surface area contributed by atoms with Crippen molar-refractivity contribution in [2.75, 3.05) is 0 Å². The van der Waals surface area contributed by atoms with Crippen LogP contribution in [-0.2, 0) is 6.42 Å². The zero-order valence-corrected chi connectivity index (χ0v) is 8.33. The van der Waals surface area contributed by atoms with Crippen LogP contribution in [0.2, 0.25) is 0 Å². The number of hydrogen-bond acceptors (Lipinski definition) is 2. The van der Waals surface area contributed by atoms with Crippen molar-refractivity contribution >= 4 is 18.1 Å². The van der Waals surface area contributed by atoms with Crippen LogP contribution >= 0.6 is 0 Å². The van der Waals surface area contributed by atoms with E-state index in [4.69, 9.17) is 0 Å². The molecule has 0 unspecified atom stereocenters. The quantitative estimate of drug-likeness (QED) is 0.708. The predicted molar refractivity (Wildman–Crippen MR) is 56.5 cm³/mol. The van der Waals surface area contributed by atoms with Gasteiger partial charge in [0.25, 0.3) is 0 Å². The summed E-state index contributed by atoms with van der Waals surface area (Å²) in [5, 5.41) is 0. The molecule has 1 N–H and O–H groups in total. The molecule has 3 nitrogen and oxygen atoms in total. The number of nitrogens with zero attached hydrogens (tertiary/aromatic N) is 2. The van der Waals surface area contributed by atoms with Crippen LogP contribution in [0.4, 0.5) is 5.82 Å². The Morgan fingerprint density at radius 3 is 2.77 bits per heavy atom. The minimum absolute atomic E-state index is 0.775. The largest absolute Gasteiger partial charge is 0.341 e. The van der Waals surface area contributed by atoms with E-state index in [1.807, 2.05) is 26.0 Å². The maximum Gasteiger partial charge on any atom is 0.177 e. The van der Waals surface area contributed by atoms with Crippen LogP contribution in [0, 0.1) is 0 Å². The Kier molecular flexibility index (Phi) is 3.43. The zero-order valence-electron chi connectivity index (χ0n) is 8.33. The summed E-state index contributed by atoms with van der Waals surface area (Å²) in [5.74, 6) is 1.76. The Balaban J connectivity index is 3.07. The number of aromatic nitrogens is 2. The highest BCUT2D eigenvalue weighted by molar-refractivity contribution is 5.65. The summed E-state index contributed by atoms with van der Waals surface area (Å²) in [7, 11) is 0. The molecule has 1 rings (SSSR count). The number of aliphatic imine (C=N–C) groups is 1. The van der Waals surface area contributed by atoms with E-state index in [1.165, 1.54) is 0 Å². The Bertz CT molecular complexity index is 291. The van der Waals surface area contributed by atoms with Crippen molar-refractivity contribution in [2.45, 2.75) is 27.2 Å². The van der Waals surface area contributed by atoms with E-state index < -0.39 is 0 Å². The van der Waals surface area contributed by atoms with Crippen molar-refractivity contribution in [1.29, 1.82) is 0 Å². The van der Waals surface area contributed by atoms with Crippen molar-refractivity contribution in [2.24, 2.45) is 4.99 Å². The van der Waals surface area contributed by atoms with Gasteiger partial charge in [-0.3, -0.25) is 0 Å². The fourth-order valence-corrected chi connectivity index (χ4v) is 1.10. The molecule has 3 heteroatoms. The normalized spacial score (nSPS) is 11.9. The first-order valence-corrected chi connectivity index (χ1v) is 4.52. The summed E-state index contributed by atoms with van der Waals surface area (Å²) >= 11 is 0. The number of rotatable bonds is 3. The van der Waals surface area contributed by atoms with E-state index in [-0.39, 0.29) is 0 Å². The number of nitrogens with one attached hydrogen (secondary N) is 1. The van der Waals surface area contributed by atoms with Crippen LogP contribution in [0.15, 0.2) is 11.1 Å². The third-order valence-corrected chi connectivity index (χ3v) is 1.68. The number of aryl methyl sites for hydroxylation is 1. The van der Waals surface area contributed by atoms with Gasteiger partial charge in [-0.1, -0.05) is 13.0 Å². The average Bonchev–Trinajstić information content (AvgIpc) is 2.50. The molecule has 0 aromatic carbocycles. The van der Waals surface area contributed by atoms with Crippen LogP contribution in [0.25, 0.3) is 6.08 Å². The van der Waals surface area contributed by atoms with Gasteiger partial charge >= 0.3 is 0 Å². The molecule has 0 radical (unpaired) electrons. The molecule has 0 aliphatic rings. The fourth-order valence-electron chi connectivity index (χ4n) is 1.10. The molecule has 0 amide bonds. The van der Waals surface area contributed by atoms with Crippen LogP contribution in [0.1, 0.15) is 32.3 Å². The first kappa shape index (κ1) is 9.71. The Hall–Kier alpha value is -1.38. The first-order chi connectivity index (χ1) is 6.31. The van der Waals surface area contributed by atoms with Gasteiger partial charge in [0.2, 0.25) is 0 Å². The Morgan fingerprint density at radius 2 is 2.23 bits per heavy atom. The zero-order chi connectivity index (χ0) is 9.68. The van der Waals surface area contributed by atoms with Gasteiger partial charge in [-0.2, -0.15) is 0 Å². The molecule has 1 aromatic rings. The predicted octanol–water partition coefficient (Wildman–Crippen LogP) is 2.73. The standard InChI is InChI=1S/C10H15N3/c1-4-7-8-10(11-6-3)13-9(5-2)12-8/h4,6-7H,5H2,1-3H3,(H,12,13)/b7-4-,11-6-. The van der Waals surface area contributed by atoms with Gasteiger partial charge in [0.05, 0.1) is 5.69 Å². The van der Waals surface area contributed by atoms with Gasteiger partial charge in [-0.15, -0.1) is 0 Å². The smallest absolute Gasteiger partial charge is 0.177 e. The van der Waals surface area contributed by atoms with Crippen LogP contribution in [-0.4, -0.2) is 16.2 Å². The minimum Gasteiger partial charge on any atom is -0.341 e. The molecule has 0 aliphatic carbocycles. The molecule has 1 heterocycles. The summed E-state index contributed by atoms with van der Waals surface area (Å²) in [5.41, 5.74) is 0.984. The average molecular weight is 177 g/mol. The van der Waals surface area contributed by atoms with E-state index in [0.717, 1.165) is 23.8 Å². The SMILES string of the molecule is C/C=C\c1[nH]c(CC)nc1/N=C\C. The molecule has 0 bridgehead atoms. The summed E-state index contributed by atoms with van der Waals surface area (Å²) in [6.07, 6.45) is 6.61. The number of aromatic amines is 1. The van der Waals surface area contributed by atoms with Crippen LogP contribution in [0.5, 0.6) is 0 Å². The maximum absolute atomic E-state index is 4.33. The third-order valence-electron chi connectivity index (χ3n) is 1.68. The van der Waals surface area contributed by atoms with E-state index in [1.54, 1.807) is 6.21 Å². The second-order valence-electron chi connectivity index (χ2n) is 2.66. The molecule has 0 spiro atoms. The van der Waals surface area contributed by atoms with Crippen molar-refractivity contribution in [3.05, 3.63) is 17.6 Å². The van der Waals surface area contributed by atoms with Crippen LogP contribution < -0.4 is 0 Å². The highest BCUT2D eigenvalue weighted by Crippen LogP contribution is 2.17. The van der Waals surface area contributed by atoms with E-state index in [0.29, 0.717) is 0 Å².